The highest BCUT2D eigenvalue weighted by molar-refractivity contribution is 6.14. The lowest BCUT2D eigenvalue weighted by molar-refractivity contribution is 0.171. The first-order valence-corrected chi connectivity index (χ1v) is 13.2. The van der Waals surface area contributed by atoms with Crippen molar-refractivity contribution >= 4 is 33.1 Å². The van der Waals surface area contributed by atoms with Crippen molar-refractivity contribution in [3.63, 3.8) is 0 Å². The van der Waals surface area contributed by atoms with Crippen LogP contribution in [-0.2, 0) is 0 Å². The first kappa shape index (κ1) is 22.3. The van der Waals surface area contributed by atoms with E-state index in [1.165, 1.54) is 19.3 Å². The average molecular weight is 500 g/mol. The van der Waals surface area contributed by atoms with Crippen LogP contribution >= 0.6 is 0 Å². The Bertz CT molecular complexity index is 1780. The van der Waals surface area contributed by atoms with E-state index in [1.54, 1.807) is 19.1 Å². The highest BCUT2D eigenvalue weighted by atomic mass is 16.6. The third kappa shape index (κ3) is 3.49. The Morgan fingerprint density at radius 3 is 2.46 bits per heavy atom. The van der Waals surface area contributed by atoms with E-state index in [-0.39, 0.29) is 17.0 Å². The summed E-state index contributed by atoms with van der Waals surface area (Å²) in [6, 6.07) is 9.31. The molecule has 0 unspecified atom stereocenters. The third-order valence-electron chi connectivity index (χ3n) is 7.97. The fraction of sp³-hybridized carbons (Fsp3) is 0.379. The van der Waals surface area contributed by atoms with Gasteiger partial charge in [0.05, 0.1) is 16.9 Å². The van der Waals surface area contributed by atoms with E-state index in [4.69, 9.17) is 13.9 Å². The summed E-state index contributed by atoms with van der Waals surface area (Å²) >= 11 is 0. The summed E-state index contributed by atoms with van der Waals surface area (Å²) < 4.78 is 20.0. The Balaban J connectivity index is 1.57. The first-order valence-electron chi connectivity index (χ1n) is 13.2. The van der Waals surface area contributed by atoms with Gasteiger partial charge in [-0.2, -0.15) is 0 Å². The van der Waals surface area contributed by atoms with Crippen LogP contribution in [0.25, 0.3) is 44.2 Å². The molecule has 0 atom stereocenters. The van der Waals surface area contributed by atoms with Crippen molar-refractivity contribution in [2.45, 2.75) is 57.9 Å². The Labute approximate surface area is 212 Å². The van der Waals surface area contributed by atoms with E-state index >= 15 is 0 Å². The van der Waals surface area contributed by atoms with Crippen molar-refractivity contribution in [3.8, 4) is 22.6 Å². The number of benzene rings is 2. The Kier molecular flexibility index (Phi) is 5.16. The van der Waals surface area contributed by atoms with Crippen LogP contribution in [0.1, 0.15) is 56.6 Å². The molecule has 8 heteroatoms. The van der Waals surface area contributed by atoms with Gasteiger partial charge in [-0.15, -0.1) is 0 Å². The second kappa shape index (κ2) is 8.57. The van der Waals surface area contributed by atoms with E-state index in [1.807, 2.05) is 22.9 Å². The molecule has 3 aromatic heterocycles. The molecule has 2 aromatic carbocycles. The van der Waals surface area contributed by atoms with Crippen molar-refractivity contribution < 1.29 is 13.9 Å². The maximum Gasteiger partial charge on any atom is 0.274 e. The summed E-state index contributed by atoms with van der Waals surface area (Å²) in [5.74, 6) is 1.32. The molecule has 0 bridgehead atoms. The third-order valence-corrected chi connectivity index (χ3v) is 7.97. The predicted molar refractivity (Wildman–Crippen MR) is 143 cm³/mol. The molecule has 2 aliphatic rings. The van der Waals surface area contributed by atoms with Crippen LogP contribution in [-0.4, -0.2) is 28.0 Å². The van der Waals surface area contributed by atoms with Crippen LogP contribution < -0.4 is 20.5 Å². The van der Waals surface area contributed by atoms with Crippen LogP contribution in [0.3, 0.4) is 0 Å². The molecule has 1 fully saturated rings. The molecule has 190 valence electrons. The van der Waals surface area contributed by atoms with E-state index in [9.17, 15) is 9.59 Å². The lowest BCUT2D eigenvalue weighted by Gasteiger charge is -2.22. The van der Waals surface area contributed by atoms with Gasteiger partial charge < -0.3 is 18.9 Å². The molecule has 0 saturated heterocycles. The summed E-state index contributed by atoms with van der Waals surface area (Å²) in [6.45, 7) is 2.75. The summed E-state index contributed by atoms with van der Waals surface area (Å²) in [7, 11) is 0. The predicted octanol–water partition coefficient (Wildman–Crippen LogP) is 5.95. The molecule has 0 radical (unpaired) electrons. The number of aromatic amines is 2. The first-order chi connectivity index (χ1) is 18.1. The Hall–Kier alpha value is -3.94. The second-order valence-electron chi connectivity index (χ2n) is 10.3. The van der Waals surface area contributed by atoms with Gasteiger partial charge in [-0.3, -0.25) is 19.4 Å². The zero-order chi connectivity index (χ0) is 25.1. The van der Waals surface area contributed by atoms with Crippen LogP contribution in [0.5, 0.6) is 11.5 Å². The molecule has 0 amide bonds. The summed E-state index contributed by atoms with van der Waals surface area (Å²) in [5, 5.41) is 4.53. The topological polar surface area (TPSA) is 102 Å². The SMILES string of the molecule is Cc1c(=O)ccc2c1oc1c(-c3ccc4c(c3)OCCO4)c3c(=O)[nH]n(C4CCCCCCC4)c3[nH]c12. The molecule has 1 saturated carbocycles. The van der Waals surface area contributed by atoms with Gasteiger partial charge in [0.25, 0.3) is 5.56 Å². The minimum absolute atomic E-state index is 0.0751. The number of aryl methyl sites for hydroxylation is 1. The van der Waals surface area contributed by atoms with E-state index < -0.39 is 0 Å². The Morgan fingerprint density at radius 1 is 0.892 bits per heavy atom. The monoisotopic (exact) mass is 499 g/mol. The lowest BCUT2D eigenvalue weighted by Crippen LogP contribution is -2.15. The number of pyridine rings is 1. The van der Waals surface area contributed by atoms with Crippen LogP contribution in [0.15, 0.2) is 44.3 Å². The molecule has 37 heavy (non-hydrogen) atoms. The minimum atomic E-state index is -0.165. The quantitative estimate of drug-likeness (QED) is 0.313. The minimum Gasteiger partial charge on any atom is -0.486 e. The van der Waals surface area contributed by atoms with Gasteiger partial charge in [0.15, 0.2) is 22.5 Å². The van der Waals surface area contributed by atoms with Gasteiger partial charge >= 0.3 is 0 Å². The van der Waals surface area contributed by atoms with Gasteiger partial charge in [-0.1, -0.05) is 38.2 Å². The van der Waals surface area contributed by atoms with Crippen molar-refractivity contribution in [2.75, 3.05) is 13.2 Å². The van der Waals surface area contributed by atoms with Gasteiger partial charge in [0, 0.05) is 16.5 Å². The number of rotatable bonds is 2. The number of hydrogen-bond donors (Lipinski definition) is 2. The van der Waals surface area contributed by atoms with Crippen LogP contribution in [0, 0.1) is 6.92 Å². The molecule has 1 aliphatic heterocycles. The number of nitrogens with zero attached hydrogens (tertiary/aromatic N) is 1. The molecule has 1 aliphatic carbocycles. The van der Waals surface area contributed by atoms with E-state index in [0.717, 1.165) is 47.8 Å². The number of hydrogen-bond acceptors (Lipinski definition) is 5. The lowest BCUT2D eigenvalue weighted by atomic mass is 9.96. The molecule has 8 nitrogen and oxygen atoms in total. The van der Waals surface area contributed by atoms with Crippen molar-refractivity contribution in [3.05, 3.63) is 56.5 Å². The van der Waals surface area contributed by atoms with Gasteiger partial charge in [0.1, 0.15) is 24.4 Å². The zero-order valence-corrected chi connectivity index (χ0v) is 20.8. The molecule has 4 heterocycles. The molecule has 0 spiro atoms. The molecule has 7 rings (SSSR count). The fourth-order valence-electron chi connectivity index (χ4n) is 6.05. The van der Waals surface area contributed by atoms with Crippen molar-refractivity contribution in [1.29, 1.82) is 0 Å². The summed E-state index contributed by atoms with van der Waals surface area (Å²) in [5.41, 5.74) is 4.41. The van der Waals surface area contributed by atoms with E-state index in [0.29, 0.717) is 52.4 Å². The number of aromatic nitrogens is 3. The maximum absolute atomic E-state index is 13.6. The summed E-state index contributed by atoms with van der Waals surface area (Å²) in [6.07, 6.45) is 8.05. The van der Waals surface area contributed by atoms with Gasteiger partial charge in [-0.05, 0) is 49.6 Å². The normalized spacial score (nSPS) is 16.9. The number of fused-ring (bicyclic) bond motifs is 5. The van der Waals surface area contributed by atoms with Crippen molar-refractivity contribution in [1.82, 2.24) is 14.8 Å². The van der Waals surface area contributed by atoms with Gasteiger partial charge in [0.2, 0.25) is 0 Å². The molecule has 5 aromatic rings. The highest BCUT2D eigenvalue weighted by Crippen LogP contribution is 2.42. The van der Waals surface area contributed by atoms with Crippen molar-refractivity contribution in [2.24, 2.45) is 0 Å². The molecular formula is C29H29N3O5. The summed E-state index contributed by atoms with van der Waals surface area (Å²) in [4.78, 5) is 29.6. The smallest absolute Gasteiger partial charge is 0.274 e. The fourth-order valence-corrected chi connectivity index (χ4v) is 6.05. The highest BCUT2D eigenvalue weighted by Gasteiger charge is 2.26. The second-order valence-corrected chi connectivity index (χ2v) is 10.3. The van der Waals surface area contributed by atoms with Gasteiger partial charge in [-0.25, -0.2) is 0 Å². The Morgan fingerprint density at radius 2 is 1.65 bits per heavy atom. The van der Waals surface area contributed by atoms with Crippen LogP contribution in [0.4, 0.5) is 0 Å². The number of furan rings is 1. The molecule has 2 N–H and O–H groups in total. The number of ether oxygens (including phenoxy) is 2. The number of nitrogens with one attached hydrogen (secondary N) is 2. The number of H-pyrrole nitrogens is 2. The maximum atomic E-state index is 13.6. The molecular weight excluding hydrogens is 470 g/mol. The van der Waals surface area contributed by atoms with Crippen LogP contribution in [0.2, 0.25) is 0 Å². The standard InChI is InChI=1S/C29H29N3O5/c1-16-20(33)11-10-19-25-27(37-26(16)19)23(17-9-12-21-22(15-17)36-14-13-35-21)24-28(30-25)32(31-29(24)34)18-7-5-3-2-4-6-8-18/h9-12,15,18,30H,2-8,13-14H2,1H3,(H,31,34). The zero-order valence-electron chi connectivity index (χ0n) is 20.8. The average Bonchev–Trinajstić information content (AvgIpc) is 3.42. The van der Waals surface area contributed by atoms with E-state index in [2.05, 4.69) is 10.1 Å². The largest absolute Gasteiger partial charge is 0.486 e.